The summed E-state index contributed by atoms with van der Waals surface area (Å²) in [6, 6.07) is 15.8. The Bertz CT molecular complexity index is 627. The van der Waals surface area contributed by atoms with Crippen LogP contribution in [0.4, 0.5) is 5.69 Å². The summed E-state index contributed by atoms with van der Waals surface area (Å²) in [6.45, 7) is 1.86. The number of benzene rings is 2. The van der Waals surface area contributed by atoms with Crippen LogP contribution >= 0.6 is 0 Å². The van der Waals surface area contributed by atoms with Crippen molar-refractivity contribution < 1.29 is 14.6 Å². The van der Waals surface area contributed by atoms with E-state index in [0.717, 1.165) is 30.9 Å². The van der Waals surface area contributed by atoms with Gasteiger partial charge in [0.1, 0.15) is 24.2 Å². The Morgan fingerprint density at radius 3 is 2.61 bits per heavy atom. The quantitative estimate of drug-likeness (QED) is 0.890. The molecular weight excluding hydrogens is 290 g/mol. The second-order valence-electron chi connectivity index (χ2n) is 5.82. The fraction of sp³-hybridized carbons (Fsp3) is 0.368. The highest BCUT2D eigenvalue weighted by atomic mass is 16.5. The molecule has 0 aliphatic carbocycles. The summed E-state index contributed by atoms with van der Waals surface area (Å²) in [5.41, 5.74) is 2.60. The number of aryl methyl sites for hydroxylation is 1. The predicted octanol–water partition coefficient (Wildman–Crippen LogP) is 2.89. The average molecular weight is 313 g/mol. The fourth-order valence-corrected chi connectivity index (χ4v) is 2.97. The van der Waals surface area contributed by atoms with Crippen LogP contribution in [0.5, 0.6) is 11.5 Å². The van der Waals surface area contributed by atoms with Gasteiger partial charge in [-0.05, 0) is 48.7 Å². The van der Waals surface area contributed by atoms with Crippen LogP contribution in [-0.4, -0.2) is 38.0 Å². The molecule has 0 spiro atoms. The van der Waals surface area contributed by atoms with Gasteiger partial charge in [0.25, 0.3) is 0 Å². The highest BCUT2D eigenvalue weighted by Gasteiger charge is 2.19. The van der Waals surface area contributed by atoms with Crippen molar-refractivity contribution in [3.05, 3.63) is 54.1 Å². The van der Waals surface area contributed by atoms with Crippen molar-refractivity contribution in [1.82, 2.24) is 0 Å². The summed E-state index contributed by atoms with van der Waals surface area (Å²) in [5.74, 6) is 1.53. The van der Waals surface area contributed by atoms with E-state index in [9.17, 15) is 5.11 Å². The summed E-state index contributed by atoms with van der Waals surface area (Å²) in [6.07, 6.45) is 1.72. The van der Waals surface area contributed by atoms with Crippen LogP contribution in [0.2, 0.25) is 0 Å². The molecule has 4 nitrogen and oxygen atoms in total. The topological polar surface area (TPSA) is 41.9 Å². The molecule has 0 radical (unpaired) electrons. The summed E-state index contributed by atoms with van der Waals surface area (Å²) >= 11 is 0. The third-order valence-corrected chi connectivity index (χ3v) is 4.14. The minimum atomic E-state index is -0.525. The number of nitrogens with zero attached hydrogens (tertiary/aromatic N) is 1. The van der Waals surface area contributed by atoms with E-state index in [1.54, 1.807) is 7.11 Å². The molecule has 0 fully saturated rings. The van der Waals surface area contributed by atoms with Crippen molar-refractivity contribution in [1.29, 1.82) is 0 Å². The largest absolute Gasteiger partial charge is 0.497 e. The Balaban J connectivity index is 1.54. The molecule has 122 valence electrons. The third kappa shape index (κ3) is 3.96. The predicted molar refractivity (Wildman–Crippen MR) is 91.5 cm³/mol. The maximum absolute atomic E-state index is 10.3. The molecule has 23 heavy (non-hydrogen) atoms. The van der Waals surface area contributed by atoms with Gasteiger partial charge in [-0.25, -0.2) is 0 Å². The van der Waals surface area contributed by atoms with Crippen LogP contribution in [0, 0.1) is 0 Å². The number of hydrogen-bond acceptors (Lipinski definition) is 4. The monoisotopic (exact) mass is 313 g/mol. The first kappa shape index (κ1) is 15.7. The summed E-state index contributed by atoms with van der Waals surface area (Å²) in [7, 11) is 1.63. The lowest BCUT2D eigenvalue weighted by Crippen LogP contribution is -2.38. The molecule has 1 atom stereocenters. The summed E-state index contributed by atoms with van der Waals surface area (Å²) in [5, 5.41) is 10.3. The minimum Gasteiger partial charge on any atom is -0.497 e. The lowest BCUT2D eigenvalue weighted by atomic mass is 10.0. The second-order valence-corrected chi connectivity index (χ2v) is 5.82. The number of para-hydroxylation sites is 1. The van der Waals surface area contributed by atoms with Crippen LogP contribution in [0.3, 0.4) is 0 Å². The van der Waals surface area contributed by atoms with Gasteiger partial charge in [0.15, 0.2) is 0 Å². The molecule has 0 saturated carbocycles. The van der Waals surface area contributed by atoms with Crippen LogP contribution < -0.4 is 14.4 Å². The Morgan fingerprint density at radius 2 is 1.83 bits per heavy atom. The molecule has 0 bridgehead atoms. The molecule has 1 aliphatic heterocycles. The number of anilines is 1. The van der Waals surface area contributed by atoms with Gasteiger partial charge in [0, 0.05) is 18.8 Å². The van der Waals surface area contributed by atoms with Crippen molar-refractivity contribution in [2.24, 2.45) is 0 Å². The van der Waals surface area contributed by atoms with Gasteiger partial charge in [0.05, 0.1) is 7.11 Å². The number of ether oxygens (including phenoxy) is 2. The zero-order chi connectivity index (χ0) is 16.1. The maximum Gasteiger partial charge on any atom is 0.119 e. The van der Waals surface area contributed by atoms with Gasteiger partial charge >= 0.3 is 0 Å². The lowest BCUT2D eigenvalue weighted by Gasteiger charge is -2.32. The van der Waals surface area contributed by atoms with E-state index in [4.69, 9.17) is 9.47 Å². The molecule has 1 aliphatic rings. The van der Waals surface area contributed by atoms with Gasteiger partial charge in [-0.3, -0.25) is 0 Å². The summed E-state index contributed by atoms with van der Waals surface area (Å²) < 4.78 is 10.8. The van der Waals surface area contributed by atoms with Gasteiger partial charge in [-0.15, -0.1) is 0 Å². The van der Waals surface area contributed by atoms with E-state index in [1.807, 2.05) is 24.3 Å². The minimum absolute atomic E-state index is 0.283. The molecule has 3 rings (SSSR count). The number of β-amino-alcohol motifs (C(OH)–C–C–N with tert-alkyl or cyclic N) is 1. The van der Waals surface area contributed by atoms with Crippen LogP contribution in [0.15, 0.2) is 48.5 Å². The molecule has 2 aromatic rings. The zero-order valence-corrected chi connectivity index (χ0v) is 13.4. The number of methoxy groups -OCH3 is 1. The number of rotatable bonds is 6. The summed E-state index contributed by atoms with van der Waals surface area (Å²) in [4.78, 5) is 2.25. The molecule has 0 saturated heterocycles. The van der Waals surface area contributed by atoms with Gasteiger partial charge in [-0.2, -0.15) is 0 Å². The average Bonchev–Trinajstić information content (AvgIpc) is 2.61. The molecular formula is C19H23NO3. The van der Waals surface area contributed by atoms with Gasteiger partial charge in [0.2, 0.25) is 0 Å². The second kappa shape index (κ2) is 7.38. The molecule has 4 heteroatoms. The van der Waals surface area contributed by atoms with Gasteiger partial charge < -0.3 is 19.5 Å². The molecule has 2 aromatic carbocycles. The Labute approximate surface area is 137 Å². The highest BCUT2D eigenvalue weighted by molar-refractivity contribution is 5.55. The van der Waals surface area contributed by atoms with Crippen LogP contribution in [0.25, 0.3) is 0 Å². The first-order valence-electron chi connectivity index (χ1n) is 8.04. The number of aliphatic hydroxyl groups is 1. The Kier molecular flexibility index (Phi) is 5.03. The highest BCUT2D eigenvalue weighted by Crippen LogP contribution is 2.26. The standard InChI is InChI=1S/C19H23NO3/c1-22-17-8-10-18(11-9-17)23-14-16(21)13-20-12-4-6-15-5-2-3-7-19(15)20/h2-3,5,7-11,16,21H,4,6,12-14H2,1H3/t16-/m1/s1. The van der Waals surface area contributed by atoms with E-state index < -0.39 is 6.10 Å². The maximum atomic E-state index is 10.3. The Morgan fingerprint density at radius 1 is 1.09 bits per heavy atom. The van der Waals surface area contributed by atoms with E-state index >= 15 is 0 Å². The SMILES string of the molecule is COc1ccc(OC[C@H](O)CN2CCCc3ccccc32)cc1. The third-order valence-electron chi connectivity index (χ3n) is 4.14. The molecule has 1 heterocycles. The first-order valence-corrected chi connectivity index (χ1v) is 8.04. The van der Waals surface area contributed by atoms with Crippen molar-refractivity contribution in [2.45, 2.75) is 18.9 Å². The normalized spacial score (nSPS) is 15.0. The molecule has 0 aromatic heterocycles. The van der Waals surface area contributed by atoms with E-state index in [0.29, 0.717) is 6.54 Å². The molecule has 1 N–H and O–H groups in total. The molecule has 0 amide bonds. The first-order chi connectivity index (χ1) is 11.3. The van der Waals surface area contributed by atoms with Crippen molar-refractivity contribution in [3.63, 3.8) is 0 Å². The smallest absolute Gasteiger partial charge is 0.119 e. The van der Waals surface area contributed by atoms with Crippen LogP contribution in [0.1, 0.15) is 12.0 Å². The number of hydrogen-bond donors (Lipinski definition) is 1. The lowest BCUT2D eigenvalue weighted by molar-refractivity contribution is 0.112. The fourth-order valence-electron chi connectivity index (χ4n) is 2.97. The van der Waals surface area contributed by atoms with E-state index in [2.05, 4.69) is 29.2 Å². The van der Waals surface area contributed by atoms with Crippen molar-refractivity contribution >= 4 is 5.69 Å². The van der Waals surface area contributed by atoms with Crippen molar-refractivity contribution in [2.75, 3.05) is 31.7 Å². The van der Waals surface area contributed by atoms with Crippen LogP contribution in [-0.2, 0) is 6.42 Å². The van der Waals surface area contributed by atoms with Crippen molar-refractivity contribution in [3.8, 4) is 11.5 Å². The zero-order valence-electron chi connectivity index (χ0n) is 13.4. The number of aliphatic hydroxyl groups excluding tert-OH is 1. The van der Waals surface area contributed by atoms with Gasteiger partial charge in [-0.1, -0.05) is 18.2 Å². The van der Waals surface area contributed by atoms with E-state index in [-0.39, 0.29) is 6.61 Å². The Hall–Kier alpha value is -2.20. The number of fused-ring (bicyclic) bond motifs is 1. The molecule has 0 unspecified atom stereocenters. The van der Waals surface area contributed by atoms with E-state index in [1.165, 1.54) is 11.3 Å².